The number of anilines is 1. The van der Waals surface area contributed by atoms with Gasteiger partial charge in [-0.2, -0.15) is 11.8 Å². The van der Waals surface area contributed by atoms with Gasteiger partial charge in [-0.25, -0.2) is 4.98 Å². The maximum absolute atomic E-state index is 6.15. The van der Waals surface area contributed by atoms with Crippen LogP contribution in [0.3, 0.4) is 0 Å². The fourth-order valence-corrected chi connectivity index (χ4v) is 4.63. The van der Waals surface area contributed by atoms with Gasteiger partial charge in [-0.15, -0.1) is 10.2 Å². The van der Waals surface area contributed by atoms with Crippen molar-refractivity contribution in [2.75, 3.05) is 11.1 Å². The summed E-state index contributed by atoms with van der Waals surface area (Å²) in [5.41, 5.74) is 1.52. The van der Waals surface area contributed by atoms with Gasteiger partial charge in [-0.3, -0.25) is 4.40 Å². The zero-order valence-corrected chi connectivity index (χ0v) is 15.8. The van der Waals surface area contributed by atoms with E-state index < -0.39 is 0 Å². The Morgan fingerprint density at radius 3 is 2.96 bits per heavy atom. The molecule has 2 aromatic heterocycles. The van der Waals surface area contributed by atoms with Crippen molar-refractivity contribution in [2.45, 2.75) is 37.5 Å². The summed E-state index contributed by atoms with van der Waals surface area (Å²) in [7, 11) is 0. The summed E-state index contributed by atoms with van der Waals surface area (Å²) in [5.74, 6) is 2.94. The van der Waals surface area contributed by atoms with Crippen molar-refractivity contribution in [3.05, 3.63) is 53.1 Å². The molecule has 0 unspecified atom stereocenters. The van der Waals surface area contributed by atoms with Crippen LogP contribution >= 0.6 is 23.4 Å². The van der Waals surface area contributed by atoms with Crippen LogP contribution in [0, 0.1) is 0 Å². The lowest BCUT2D eigenvalue weighted by atomic mass is 9.94. The molecule has 0 amide bonds. The van der Waals surface area contributed by atoms with E-state index in [1.54, 1.807) is 6.20 Å². The van der Waals surface area contributed by atoms with Gasteiger partial charge >= 0.3 is 0 Å². The number of nitrogens with zero attached hydrogens (tertiary/aromatic N) is 4. The molecule has 1 fully saturated rings. The van der Waals surface area contributed by atoms with Crippen LogP contribution in [-0.2, 0) is 5.54 Å². The van der Waals surface area contributed by atoms with Crippen molar-refractivity contribution in [3.8, 4) is 0 Å². The number of hydrogen-bond donors (Lipinski definition) is 1. The van der Waals surface area contributed by atoms with E-state index in [4.69, 9.17) is 11.6 Å². The fraction of sp³-hybridized carbons (Fsp3) is 0.389. The molecular weight excluding hydrogens is 354 g/mol. The minimum Gasteiger partial charge on any atom is -0.358 e. The third-order valence-corrected chi connectivity index (χ3v) is 6.16. The second kappa shape index (κ2) is 6.50. The van der Waals surface area contributed by atoms with Crippen LogP contribution in [0.25, 0.3) is 5.65 Å². The molecule has 0 spiro atoms. The fourth-order valence-electron chi connectivity index (χ4n) is 3.18. The predicted molar refractivity (Wildman–Crippen MR) is 103 cm³/mol. The largest absolute Gasteiger partial charge is 0.358 e. The predicted octanol–water partition coefficient (Wildman–Crippen LogP) is 4.69. The van der Waals surface area contributed by atoms with Gasteiger partial charge in [0.05, 0.1) is 10.8 Å². The normalized spacial score (nSPS) is 18.0. The highest BCUT2D eigenvalue weighted by Gasteiger charge is 2.26. The zero-order valence-electron chi connectivity index (χ0n) is 14.2. The summed E-state index contributed by atoms with van der Waals surface area (Å²) in [6.45, 7) is 4.21. The Bertz CT molecular complexity index is 901. The van der Waals surface area contributed by atoms with Crippen molar-refractivity contribution in [1.29, 1.82) is 0 Å². The summed E-state index contributed by atoms with van der Waals surface area (Å²) < 4.78 is 2.06. The molecule has 1 aromatic carbocycles. The van der Waals surface area contributed by atoms with Gasteiger partial charge in [-0.05, 0) is 50.1 Å². The van der Waals surface area contributed by atoms with Crippen molar-refractivity contribution in [3.63, 3.8) is 0 Å². The summed E-state index contributed by atoms with van der Waals surface area (Å²) in [5, 5.41) is 13.5. The molecule has 5 nitrogen and oxygen atoms in total. The molecule has 0 saturated carbocycles. The topological polar surface area (TPSA) is 55.1 Å². The molecule has 1 atom stereocenters. The van der Waals surface area contributed by atoms with E-state index >= 15 is 0 Å². The monoisotopic (exact) mass is 373 g/mol. The number of thioether (sulfide) groups is 1. The van der Waals surface area contributed by atoms with Gasteiger partial charge < -0.3 is 5.32 Å². The van der Waals surface area contributed by atoms with Crippen LogP contribution in [0.1, 0.15) is 43.3 Å². The first-order valence-electron chi connectivity index (χ1n) is 8.40. The van der Waals surface area contributed by atoms with E-state index in [0.717, 1.165) is 34.3 Å². The minimum atomic E-state index is -0.339. The molecule has 3 aromatic rings. The van der Waals surface area contributed by atoms with Gasteiger partial charge in [-0.1, -0.05) is 23.7 Å². The van der Waals surface area contributed by atoms with E-state index in [1.807, 2.05) is 36.2 Å². The van der Waals surface area contributed by atoms with Gasteiger partial charge in [0.2, 0.25) is 5.65 Å². The second-order valence-corrected chi connectivity index (χ2v) is 8.54. The quantitative estimate of drug-likeness (QED) is 0.718. The summed E-state index contributed by atoms with van der Waals surface area (Å²) in [4.78, 5) is 4.51. The van der Waals surface area contributed by atoms with E-state index in [1.165, 1.54) is 12.2 Å². The van der Waals surface area contributed by atoms with Crippen molar-refractivity contribution in [1.82, 2.24) is 19.6 Å². The SMILES string of the molecule is CC(C)(Nc1nccn2c([C@@H]3CCCS3)nnc12)c1cccc(Cl)c1. The van der Waals surface area contributed by atoms with Crippen LogP contribution in [-0.4, -0.2) is 25.3 Å². The van der Waals surface area contributed by atoms with Gasteiger partial charge in [0, 0.05) is 17.4 Å². The Balaban J connectivity index is 1.69. The standard InChI is InChI=1S/C18H20ClN5S/c1-18(2,12-5-3-6-13(19)11-12)21-15-17-23-22-16(14-7-4-10-25-14)24(17)9-8-20-15/h3,5-6,8-9,11,14H,4,7,10H2,1-2H3,(H,20,21)/t14-/m0/s1. The first-order valence-corrected chi connectivity index (χ1v) is 9.83. The average Bonchev–Trinajstić information content (AvgIpc) is 3.24. The number of halogens is 1. The zero-order chi connectivity index (χ0) is 17.4. The summed E-state index contributed by atoms with van der Waals surface area (Å²) >= 11 is 8.11. The van der Waals surface area contributed by atoms with Crippen LogP contribution in [0.2, 0.25) is 5.02 Å². The number of fused-ring (bicyclic) bond motifs is 1. The molecule has 1 N–H and O–H groups in total. The molecule has 1 aliphatic heterocycles. The first kappa shape index (κ1) is 16.7. The highest BCUT2D eigenvalue weighted by atomic mass is 35.5. The van der Waals surface area contributed by atoms with Crippen molar-refractivity contribution < 1.29 is 0 Å². The Hall–Kier alpha value is -1.79. The number of hydrogen-bond acceptors (Lipinski definition) is 5. The van der Waals surface area contributed by atoms with Crippen molar-refractivity contribution >= 4 is 34.8 Å². The number of rotatable bonds is 4. The molecule has 4 rings (SSSR count). The van der Waals surface area contributed by atoms with Gasteiger partial charge in [0.15, 0.2) is 11.6 Å². The molecular formula is C18H20ClN5S. The molecule has 25 heavy (non-hydrogen) atoms. The molecule has 0 radical (unpaired) electrons. The number of benzene rings is 1. The summed E-state index contributed by atoms with van der Waals surface area (Å²) in [6.07, 6.45) is 6.14. The third kappa shape index (κ3) is 3.20. The van der Waals surface area contributed by atoms with Gasteiger partial charge in [0.1, 0.15) is 0 Å². The molecule has 0 aliphatic carbocycles. The summed E-state index contributed by atoms with van der Waals surface area (Å²) in [6, 6.07) is 7.87. The lowest BCUT2D eigenvalue weighted by Gasteiger charge is -2.27. The van der Waals surface area contributed by atoms with Gasteiger partial charge in [0.25, 0.3) is 0 Å². The maximum atomic E-state index is 6.15. The molecule has 7 heteroatoms. The molecule has 130 valence electrons. The highest BCUT2D eigenvalue weighted by molar-refractivity contribution is 7.99. The third-order valence-electron chi connectivity index (χ3n) is 4.55. The maximum Gasteiger partial charge on any atom is 0.203 e. The Morgan fingerprint density at radius 2 is 2.20 bits per heavy atom. The van der Waals surface area contributed by atoms with E-state index in [2.05, 4.69) is 44.8 Å². The van der Waals surface area contributed by atoms with Crippen LogP contribution in [0.5, 0.6) is 0 Å². The van der Waals surface area contributed by atoms with E-state index in [-0.39, 0.29) is 5.54 Å². The van der Waals surface area contributed by atoms with Crippen molar-refractivity contribution in [2.24, 2.45) is 0 Å². The van der Waals surface area contributed by atoms with E-state index in [0.29, 0.717) is 5.25 Å². The first-order chi connectivity index (χ1) is 12.0. The Kier molecular flexibility index (Phi) is 4.33. The molecule has 3 heterocycles. The Morgan fingerprint density at radius 1 is 1.32 bits per heavy atom. The number of aromatic nitrogens is 4. The van der Waals surface area contributed by atoms with Crippen LogP contribution in [0.4, 0.5) is 5.82 Å². The molecule has 0 bridgehead atoms. The second-order valence-electron chi connectivity index (χ2n) is 6.79. The highest BCUT2D eigenvalue weighted by Crippen LogP contribution is 2.39. The lowest BCUT2D eigenvalue weighted by Crippen LogP contribution is -2.28. The molecule has 1 aliphatic rings. The van der Waals surface area contributed by atoms with Crippen LogP contribution in [0.15, 0.2) is 36.7 Å². The van der Waals surface area contributed by atoms with Crippen LogP contribution < -0.4 is 5.32 Å². The average molecular weight is 374 g/mol. The lowest BCUT2D eigenvalue weighted by molar-refractivity contribution is 0.606. The minimum absolute atomic E-state index is 0.339. The molecule has 1 saturated heterocycles. The van der Waals surface area contributed by atoms with E-state index in [9.17, 15) is 0 Å². The smallest absolute Gasteiger partial charge is 0.203 e. The number of nitrogens with one attached hydrogen (secondary N) is 1. The Labute approximate surface area is 156 Å².